The van der Waals surface area contributed by atoms with Gasteiger partial charge in [-0.3, -0.25) is 10.2 Å². The van der Waals surface area contributed by atoms with E-state index in [9.17, 15) is 4.79 Å². The van der Waals surface area contributed by atoms with E-state index < -0.39 is 5.91 Å². The second kappa shape index (κ2) is 7.16. The van der Waals surface area contributed by atoms with Crippen molar-refractivity contribution in [1.29, 1.82) is 0 Å². The number of nitrogens with one attached hydrogen (secondary N) is 2. The summed E-state index contributed by atoms with van der Waals surface area (Å²) in [6, 6.07) is 16.1. The number of nitrogen functional groups attached to an aromatic ring is 2. The van der Waals surface area contributed by atoms with Gasteiger partial charge in [0.1, 0.15) is 6.34 Å². The van der Waals surface area contributed by atoms with Crippen molar-refractivity contribution in [2.45, 2.75) is 6.04 Å². The summed E-state index contributed by atoms with van der Waals surface area (Å²) in [5.41, 5.74) is 18.7. The van der Waals surface area contributed by atoms with Crippen molar-refractivity contribution >= 4 is 35.5 Å². The number of carbonyl (C=O) groups is 1. The average molecular weight is 394 g/mol. The van der Waals surface area contributed by atoms with Gasteiger partial charge in [-0.15, -0.1) is 0 Å². The van der Waals surface area contributed by atoms with Gasteiger partial charge < -0.3 is 16.8 Å². The van der Waals surface area contributed by atoms with Crippen LogP contribution in [0.1, 0.15) is 27.7 Å². The molecule has 1 aliphatic carbocycles. The second-order valence-corrected chi connectivity index (χ2v) is 6.46. The molecule has 0 spiro atoms. The summed E-state index contributed by atoms with van der Waals surface area (Å²) in [6.45, 7) is 0. The number of carbonyl (C=O) groups excluding carboxylic acids is 1. The number of halogens is 1. The third-order valence-corrected chi connectivity index (χ3v) is 4.70. The molecule has 8 nitrogen and oxygen atoms in total. The van der Waals surface area contributed by atoms with Gasteiger partial charge in [0.05, 0.1) is 6.04 Å². The van der Waals surface area contributed by atoms with Gasteiger partial charge in [-0.2, -0.15) is 5.10 Å². The Balaban J connectivity index is 1.49. The predicted octanol–water partition coefficient (Wildman–Crippen LogP) is 2.33. The quantitative estimate of drug-likeness (QED) is 0.305. The monoisotopic (exact) mass is 393 g/mol. The lowest BCUT2D eigenvalue weighted by Gasteiger charge is -2.12. The van der Waals surface area contributed by atoms with Crippen LogP contribution in [-0.4, -0.2) is 22.2 Å². The van der Waals surface area contributed by atoms with E-state index in [4.69, 9.17) is 23.1 Å². The number of nitrogens with two attached hydrogens (primary N) is 2. The highest BCUT2D eigenvalue weighted by Gasteiger charge is 2.27. The smallest absolute Gasteiger partial charge is 0.278 e. The molecule has 28 heavy (non-hydrogen) atoms. The molecule has 0 atom stereocenters. The van der Waals surface area contributed by atoms with Gasteiger partial charge in [0.15, 0.2) is 22.5 Å². The second-order valence-electron chi connectivity index (χ2n) is 6.10. The molecule has 3 aromatic rings. The van der Waals surface area contributed by atoms with E-state index in [0.717, 1.165) is 22.3 Å². The minimum atomic E-state index is -0.593. The van der Waals surface area contributed by atoms with Gasteiger partial charge in [-0.25, -0.2) is 9.97 Å². The number of rotatable bonds is 4. The van der Waals surface area contributed by atoms with E-state index in [2.05, 4.69) is 37.9 Å². The van der Waals surface area contributed by atoms with Crippen LogP contribution in [0.5, 0.6) is 0 Å². The number of anilines is 2. The first-order valence-corrected chi connectivity index (χ1v) is 8.78. The first kappa shape index (κ1) is 17.7. The minimum Gasteiger partial charge on any atom is -0.382 e. The molecule has 0 saturated heterocycles. The molecule has 1 aromatic heterocycles. The summed E-state index contributed by atoms with van der Waals surface area (Å²) in [4.78, 5) is 19.8. The fourth-order valence-corrected chi connectivity index (χ4v) is 3.30. The van der Waals surface area contributed by atoms with Gasteiger partial charge in [0, 0.05) is 0 Å². The Morgan fingerprint density at radius 2 is 1.61 bits per heavy atom. The number of hydrogen-bond acceptors (Lipinski definition) is 7. The maximum Gasteiger partial charge on any atom is 0.278 e. The Morgan fingerprint density at radius 1 is 1.00 bits per heavy atom. The van der Waals surface area contributed by atoms with Crippen LogP contribution in [0.25, 0.3) is 11.1 Å². The molecule has 1 heterocycles. The molecule has 0 bridgehead atoms. The summed E-state index contributed by atoms with van der Waals surface area (Å²) >= 11 is 5.79. The Kier molecular flexibility index (Phi) is 4.54. The molecule has 140 valence electrons. The Morgan fingerprint density at radius 3 is 2.25 bits per heavy atom. The van der Waals surface area contributed by atoms with Gasteiger partial charge in [-0.05, 0) is 22.3 Å². The van der Waals surface area contributed by atoms with Crippen LogP contribution in [0.4, 0.5) is 11.6 Å². The highest BCUT2D eigenvalue weighted by atomic mass is 35.5. The van der Waals surface area contributed by atoms with Gasteiger partial charge in [0.25, 0.3) is 5.91 Å². The van der Waals surface area contributed by atoms with E-state index in [-0.39, 0.29) is 28.5 Å². The zero-order valence-electron chi connectivity index (χ0n) is 14.6. The summed E-state index contributed by atoms with van der Waals surface area (Å²) in [6.07, 6.45) is 1.23. The molecule has 0 radical (unpaired) electrons. The van der Waals surface area contributed by atoms with Crippen molar-refractivity contribution in [3.8, 4) is 11.1 Å². The molecule has 0 aliphatic heterocycles. The standard InChI is InChI=1S/C19H16ClN7O/c20-16-18(22)26-17(21)15(25-16)19(28)23-9-24-27-14-12-7-3-1-5-10(12)11-6-2-4-8-13(11)14/h1-9,14,27H,(H4,21,22,26)(H,23,24,28). The van der Waals surface area contributed by atoms with Gasteiger partial charge >= 0.3 is 0 Å². The average Bonchev–Trinajstić information content (AvgIpc) is 3.02. The highest BCUT2D eigenvalue weighted by molar-refractivity contribution is 6.31. The zero-order chi connectivity index (χ0) is 19.7. The van der Waals surface area contributed by atoms with Crippen molar-refractivity contribution in [3.63, 3.8) is 0 Å². The van der Waals surface area contributed by atoms with Gasteiger partial charge in [-0.1, -0.05) is 60.1 Å². The molecule has 4 rings (SSSR count). The first-order chi connectivity index (χ1) is 13.6. The summed E-state index contributed by atoms with van der Waals surface area (Å²) < 4.78 is 0. The molecule has 0 unspecified atom stereocenters. The topological polar surface area (TPSA) is 131 Å². The van der Waals surface area contributed by atoms with Crippen LogP contribution in [0.3, 0.4) is 0 Å². The number of nitrogens with zero attached hydrogens (tertiary/aromatic N) is 3. The zero-order valence-corrected chi connectivity index (χ0v) is 15.3. The third-order valence-electron chi connectivity index (χ3n) is 4.42. The molecule has 6 N–H and O–H groups in total. The summed E-state index contributed by atoms with van der Waals surface area (Å²) in [5, 5.41) is 6.53. The van der Waals surface area contributed by atoms with Crippen LogP contribution >= 0.6 is 11.6 Å². The number of aromatic nitrogens is 2. The Bertz CT molecular complexity index is 1050. The number of benzene rings is 2. The van der Waals surface area contributed by atoms with Gasteiger partial charge in [0.2, 0.25) is 0 Å². The van der Waals surface area contributed by atoms with E-state index in [1.807, 2.05) is 36.4 Å². The van der Waals surface area contributed by atoms with E-state index >= 15 is 0 Å². The van der Waals surface area contributed by atoms with Crippen LogP contribution in [0.15, 0.2) is 53.6 Å². The lowest BCUT2D eigenvalue weighted by molar-refractivity contribution is 0.0974. The maximum atomic E-state index is 12.2. The molecule has 1 aliphatic rings. The van der Waals surface area contributed by atoms with Crippen molar-refractivity contribution in [2.24, 2.45) is 5.10 Å². The Hall–Kier alpha value is -3.65. The van der Waals surface area contributed by atoms with Crippen LogP contribution in [0, 0.1) is 0 Å². The molecule has 1 amide bonds. The van der Waals surface area contributed by atoms with Crippen molar-refractivity contribution < 1.29 is 4.79 Å². The van der Waals surface area contributed by atoms with Crippen molar-refractivity contribution in [1.82, 2.24) is 20.7 Å². The normalized spacial score (nSPS) is 12.6. The molecular weight excluding hydrogens is 378 g/mol. The minimum absolute atomic E-state index is 0.0374. The third kappa shape index (κ3) is 3.10. The van der Waals surface area contributed by atoms with Crippen molar-refractivity contribution in [2.75, 3.05) is 11.5 Å². The van der Waals surface area contributed by atoms with E-state index in [1.165, 1.54) is 6.34 Å². The van der Waals surface area contributed by atoms with E-state index in [0.29, 0.717) is 0 Å². The van der Waals surface area contributed by atoms with Crippen molar-refractivity contribution in [3.05, 3.63) is 70.5 Å². The molecule has 0 fully saturated rings. The van der Waals surface area contributed by atoms with Crippen LogP contribution < -0.4 is 22.2 Å². The largest absolute Gasteiger partial charge is 0.382 e. The first-order valence-electron chi connectivity index (χ1n) is 8.41. The number of hydrazone groups is 1. The maximum absolute atomic E-state index is 12.2. The summed E-state index contributed by atoms with van der Waals surface area (Å²) in [7, 11) is 0. The lowest BCUT2D eigenvalue weighted by atomic mass is 10.1. The number of hydrogen-bond donors (Lipinski definition) is 4. The van der Waals surface area contributed by atoms with Crippen LogP contribution in [-0.2, 0) is 0 Å². The summed E-state index contributed by atoms with van der Waals surface area (Å²) in [5.74, 6) is -0.742. The molecule has 0 saturated carbocycles. The Labute approximate surface area is 165 Å². The molecular formula is C19H16ClN7O. The highest BCUT2D eigenvalue weighted by Crippen LogP contribution is 2.42. The van der Waals surface area contributed by atoms with Crippen LogP contribution in [0.2, 0.25) is 5.15 Å². The SMILES string of the molecule is Nc1nc(N)c(C(=O)NC=NNC2c3ccccc3-c3ccccc32)nc1Cl. The molecule has 9 heteroatoms. The lowest BCUT2D eigenvalue weighted by Crippen LogP contribution is -2.26. The fraction of sp³-hybridized carbons (Fsp3) is 0.0526. The predicted molar refractivity (Wildman–Crippen MR) is 109 cm³/mol. The number of amides is 1. The molecule has 2 aromatic carbocycles. The fourth-order valence-electron chi connectivity index (χ4n) is 3.17. The van der Waals surface area contributed by atoms with E-state index in [1.54, 1.807) is 0 Å². The number of fused-ring (bicyclic) bond motifs is 3.